The molecule has 6 nitrogen and oxygen atoms in total. The van der Waals surface area contributed by atoms with Gasteiger partial charge in [0.2, 0.25) is 0 Å². The summed E-state index contributed by atoms with van der Waals surface area (Å²) < 4.78 is 18.0. The maximum atomic E-state index is 12.8. The van der Waals surface area contributed by atoms with Crippen LogP contribution in [0, 0.1) is 5.82 Å². The Morgan fingerprint density at radius 2 is 1.92 bits per heavy atom. The Bertz CT molecular complexity index is 802. The van der Waals surface area contributed by atoms with Gasteiger partial charge in [0, 0.05) is 6.54 Å². The molecular formula is C18H17FN4O2. The highest BCUT2D eigenvalue weighted by Crippen LogP contribution is 2.07. The fourth-order valence-corrected chi connectivity index (χ4v) is 2.20. The highest BCUT2D eigenvalue weighted by molar-refractivity contribution is 5.92. The summed E-state index contributed by atoms with van der Waals surface area (Å²) in [6.45, 7) is 0.926. The summed E-state index contributed by atoms with van der Waals surface area (Å²) >= 11 is 0. The molecule has 25 heavy (non-hydrogen) atoms. The summed E-state index contributed by atoms with van der Waals surface area (Å²) in [4.78, 5) is 12.0. The summed E-state index contributed by atoms with van der Waals surface area (Å²) in [6, 6.07) is 13.1. The molecule has 0 saturated heterocycles. The van der Waals surface area contributed by atoms with Crippen molar-refractivity contribution in [1.82, 2.24) is 15.5 Å². The van der Waals surface area contributed by atoms with Crippen LogP contribution in [0.3, 0.4) is 0 Å². The third-order valence-corrected chi connectivity index (χ3v) is 3.53. The number of hydrogen-bond acceptors (Lipinski definition) is 5. The Balaban J connectivity index is 1.46. The molecule has 0 atom stereocenters. The topological polar surface area (TPSA) is 80.0 Å². The van der Waals surface area contributed by atoms with E-state index in [1.54, 1.807) is 30.5 Å². The Kier molecular flexibility index (Phi) is 5.36. The predicted molar refractivity (Wildman–Crippen MR) is 90.5 cm³/mol. The molecule has 2 heterocycles. The van der Waals surface area contributed by atoms with Gasteiger partial charge in [0.1, 0.15) is 17.4 Å². The van der Waals surface area contributed by atoms with Gasteiger partial charge in [-0.1, -0.05) is 12.1 Å². The van der Waals surface area contributed by atoms with Crippen molar-refractivity contribution in [3.8, 4) is 0 Å². The van der Waals surface area contributed by atoms with Gasteiger partial charge in [0.05, 0.1) is 12.8 Å². The number of rotatable bonds is 7. The maximum absolute atomic E-state index is 12.8. The number of halogens is 1. The van der Waals surface area contributed by atoms with Crippen LogP contribution in [0.25, 0.3) is 0 Å². The highest BCUT2D eigenvalue weighted by atomic mass is 19.1. The Hall–Kier alpha value is -3.22. The van der Waals surface area contributed by atoms with Crippen molar-refractivity contribution < 1.29 is 13.6 Å². The summed E-state index contributed by atoms with van der Waals surface area (Å²) in [5, 5.41) is 13.7. The molecule has 0 aliphatic rings. The Morgan fingerprint density at radius 1 is 1.08 bits per heavy atom. The number of nitrogens with zero attached hydrogens (tertiary/aromatic N) is 2. The third-order valence-electron chi connectivity index (χ3n) is 3.53. The summed E-state index contributed by atoms with van der Waals surface area (Å²) in [5.41, 5.74) is 1.19. The van der Waals surface area contributed by atoms with Crippen molar-refractivity contribution in [3.63, 3.8) is 0 Å². The van der Waals surface area contributed by atoms with Crippen LogP contribution in [0.4, 0.5) is 10.2 Å². The minimum atomic E-state index is -0.299. The van der Waals surface area contributed by atoms with Crippen LogP contribution in [0.5, 0.6) is 0 Å². The molecule has 128 valence electrons. The molecule has 0 fully saturated rings. The van der Waals surface area contributed by atoms with Crippen LogP contribution in [-0.2, 0) is 13.0 Å². The molecule has 1 aromatic carbocycles. The first kappa shape index (κ1) is 16.6. The van der Waals surface area contributed by atoms with Gasteiger partial charge >= 0.3 is 0 Å². The van der Waals surface area contributed by atoms with Crippen LogP contribution < -0.4 is 10.6 Å². The van der Waals surface area contributed by atoms with E-state index in [2.05, 4.69) is 20.8 Å². The molecule has 0 spiro atoms. The molecule has 3 rings (SSSR count). The van der Waals surface area contributed by atoms with Crippen LogP contribution in [0.15, 0.2) is 59.2 Å². The standard InChI is InChI=1S/C18H17FN4O2/c19-14-5-3-13(4-6-14)9-10-20-18(24)16-7-8-17(23-22-16)21-12-15-2-1-11-25-15/h1-8,11H,9-10,12H2,(H,20,24)(H,21,23). The maximum Gasteiger partial charge on any atom is 0.271 e. The number of hydrogen-bond donors (Lipinski definition) is 2. The van der Waals surface area contributed by atoms with E-state index in [1.807, 2.05) is 12.1 Å². The van der Waals surface area contributed by atoms with E-state index < -0.39 is 0 Å². The Morgan fingerprint density at radius 3 is 2.60 bits per heavy atom. The van der Waals surface area contributed by atoms with Gasteiger partial charge in [-0.25, -0.2) is 4.39 Å². The van der Waals surface area contributed by atoms with E-state index in [-0.39, 0.29) is 17.4 Å². The van der Waals surface area contributed by atoms with E-state index in [0.717, 1.165) is 11.3 Å². The lowest BCUT2D eigenvalue weighted by Crippen LogP contribution is -2.26. The molecule has 1 amide bonds. The lowest BCUT2D eigenvalue weighted by Gasteiger charge is -2.06. The van der Waals surface area contributed by atoms with Gasteiger partial charge in [-0.3, -0.25) is 4.79 Å². The SMILES string of the molecule is O=C(NCCc1ccc(F)cc1)c1ccc(NCc2ccco2)nn1. The fourth-order valence-electron chi connectivity index (χ4n) is 2.20. The number of amides is 1. The number of nitrogens with one attached hydrogen (secondary N) is 2. The van der Waals surface area contributed by atoms with Gasteiger partial charge in [0.25, 0.3) is 5.91 Å². The molecule has 0 aliphatic heterocycles. The first-order valence-electron chi connectivity index (χ1n) is 7.83. The number of carbonyl (C=O) groups excluding carboxylic acids is 1. The second kappa shape index (κ2) is 8.05. The van der Waals surface area contributed by atoms with Crippen molar-refractivity contribution in [3.05, 3.63) is 77.6 Å². The van der Waals surface area contributed by atoms with Crippen LogP contribution >= 0.6 is 0 Å². The largest absolute Gasteiger partial charge is 0.467 e. The number of anilines is 1. The second-order valence-corrected chi connectivity index (χ2v) is 5.37. The smallest absolute Gasteiger partial charge is 0.271 e. The zero-order chi connectivity index (χ0) is 17.5. The third kappa shape index (κ3) is 4.87. The van der Waals surface area contributed by atoms with E-state index in [4.69, 9.17) is 4.42 Å². The number of carbonyl (C=O) groups is 1. The molecule has 2 aromatic heterocycles. The van der Waals surface area contributed by atoms with Crippen LogP contribution in [0.2, 0.25) is 0 Å². The van der Waals surface area contributed by atoms with Crippen LogP contribution in [0.1, 0.15) is 21.8 Å². The van der Waals surface area contributed by atoms with Crippen molar-refractivity contribution in [2.75, 3.05) is 11.9 Å². The van der Waals surface area contributed by atoms with E-state index >= 15 is 0 Å². The molecular weight excluding hydrogens is 323 g/mol. The van der Waals surface area contributed by atoms with Crippen molar-refractivity contribution >= 4 is 11.7 Å². The lowest BCUT2D eigenvalue weighted by molar-refractivity contribution is 0.0948. The first-order chi connectivity index (χ1) is 12.2. The van der Waals surface area contributed by atoms with Crippen LogP contribution in [-0.4, -0.2) is 22.6 Å². The zero-order valence-electron chi connectivity index (χ0n) is 13.4. The normalized spacial score (nSPS) is 10.4. The van der Waals surface area contributed by atoms with Crippen molar-refractivity contribution in [1.29, 1.82) is 0 Å². The number of benzene rings is 1. The second-order valence-electron chi connectivity index (χ2n) is 5.37. The zero-order valence-corrected chi connectivity index (χ0v) is 13.4. The lowest BCUT2D eigenvalue weighted by atomic mass is 10.1. The predicted octanol–water partition coefficient (Wildman–Crippen LogP) is 2.79. The van der Waals surface area contributed by atoms with Gasteiger partial charge in [-0.15, -0.1) is 10.2 Å². The van der Waals surface area contributed by atoms with E-state index in [0.29, 0.717) is 25.3 Å². The minimum absolute atomic E-state index is 0.239. The van der Waals surface area contributed by atoms with Crippen molar-refractivity contribution in [2.24, 2.45) is 0 Å². The highest BCUT2D eigenvalue weighted by Gasteiger charge is 2.08. The molecule has 0 aliphatic carbocycles. The Labute approximate surface area is 144 Å². The monoisotopic (exact) mass is 340 g/mol. The summed E-state index contributed by atoms with van der Waals surface area (Å²) in [6.07, 6.45) is 2.21. The quantitative estimate of drug-likeness (QED) is 0.691. The van der Waals surface area contributed by atoms with Gasteiger partial charge < -0.3 is 15.1 Å². The molecule has 2 N–H and O–H groups in total. The molecule has 0 radical (unpaired) electrons. The molecule has 3 aromatic rings. The van der Waals surface area contributed by atoms with Gasteiger partial charge in [-0.2, -0.15) is 0 Å². The molecule has 0 bridgehead atoms. The van der Waals surface area contributed by atoms with Gasteiger partial charge in [-0.05, 0) is 48.4 Å². The van der Waals surface area contributed by atoms with E-state index in [1.165, 1.54) is 12.1 Å². The fraction of sp³-hybridized carbons (Fsp3) is 0.167. The van der Waals surface area contributed by atoms with Crippen molar-refractivity contribution in [2.45, 2.75) is 13.0 Å². The van der Waals surface area contributed by atoms with E-state index in [9.17, 15) is 9.18 Å². The summed E-state index contributed by atoms with van der Waals surface area (Å²) in [5.74, 6) is 0.764. The number of aromatic nitrogens is 2. The first-order valence-corrected chi connectivity index (χ1v) is 7.83. The number of furan rings is 1. The summed E-state index contributed by atoms with van der Waals surface area (Å²) in [7, 11) is 0. The molecule has 0 unspecified atom stereocenters. The minimum Gasteiger partial charge on any atom is -0.467 e. The average molecular weight is 340 g/mol. The average Bonchev–Trinajstić information content (AvgIpc) is 3.15. The molecule has 7 heteroatoms. The molecule has 0 saturated carbocycles. The van der Waals surface area contributed by atoms with Gasteiger partial charge in [0.15, 0.2) is 5.69 Å².